The van der Waals surface area contributed by atoms with E-state index in [1.54, 1.807) is 6.20 Å². The summed E-state index contributed by atoms with van der Waals surface area (Å²) in [5.41, 5.74) is 10.3. The van der Waals surface area contributed by atoms with Crippen molar-refractivity contribution in [1.29, 1.82) is 0 Å². The predicted molar refractivity (Wildman–Crippen MR) is 130 cm³/mol. The van der Waals surface area contributed by atoms with Gasteiger partial charge in [0.05, 0.1) is 30.9 Å². The predicted octanol–water partition coefficient (Wildman–Crippen LogP) is 0.596. The summed E-state index contributed by atoms with van der Waals surface area (Å²) >= 11 is 0. The van der Waals surface area contributed by atoms with Crippen LogP contribution in [0, 0.1) is 6.92 Å². The molecule has 11 nitrogen and oxygen atoms in total. The summed E-state index contributed by atoms with van der Waals surface area (Å²) in [6.07, 6.45) is 7.02. The molecule has 0 amide bonds. The number of ether oxygens (including phenoxy) is 1. The van der Waals surface area contributed by atoms with E-state index in [4.69, 9.17) is 20.4 Å². The highest BCUT2D eigenvalue weighted by Crippen LogP contribution is 2.27. The van der Waals surface area contributed by atoms with Crippen LogP contribution in [-0.2, 0) is 21.3 Å². The number of aromatic nitrogens is 4. The van der Waals surface area contributed by atoms with Crippen LogP contribution >= 0.6 is 0 Å². The molecule has 0 saturated carbocycles. The highest BCUT2D eigenvalue weighted by Gasteiger charge is 2.25. The minimum atomic E-state index is -3.15. The van der Waals surface area contributed by atoms with E-state index < -0.39 is 10.0 Å². The van der Waals surface area contributed by atoms with Gasteiger partial charge in [0, 0.05) is 70.0 Å². The van der Waals surface area contributed by atoms with Crippen LogP contribution < -0.4 is 10.6 Å². The lowest BCUT2D eigenvalue weighted by atomic mass is 10.1. The topological polar surface area (TPSA) is 122 Å². The second kappa shape index (κ2) is 9.10. The molecule has 0 atom stereocenters. The maximum atomic E-state index is 11.8. The number of nitrogens with two attached hydrogens (primary N) is 1. The largest absolute Gasteiger partial charge is 0.383 e. The van der Waals surface area contributed by atoms with Crippen molar-refractivity contribution in [3.63, 3.8) is 0 Å². The molecule has 3 aromatic heterocycles. The number of hydrogen-bond acceptors (Lipinski definition) is 9. The number of nitrogens with zero attached hydrogens (tertiary/aromatic N) is 7. The molecule has 0 bridgehead atoms. The van der Waals surface area contributed by atoms with E-state index in [-0.39, 0.29) is 0 Å². The smallest absolute Gasteiger partial charge is 0.211 e. The molecule has 0 radical (unpaired) electrons. The number of anilines is 2. The van der Waals surface area contributed by atoms with Gasteiger partial charge in [-0.1, -0.05) is 0 Å². The van der Waals surface area contributed by atoms with E-state index >= 15 is 0 Å². The Hall–Kier alpha value is -2.80. The summed E-state index contributed by atoms with van der Waals surface area (Å²) in [5, 5.41) is 0. The van der Waals surface area contributed by atoms with Gasteiger partial charge in [0.1, 0.15) is 5.82 Å². The molecule has 2 aliphatic heterocycles. The number of pyridine rings is 1. The van der Waals surface area contributed by atoms with Crippen molar-refractivity contribution in [1.82, 2.24) is 28.6 Å². The number of aryl methyl sites for hydroxylation is 1. The van der Waals surface area contributed by atoms with Crippen molar-refractivity contribution in [2.24, 2.45) is 0 Å². The van der Waals surface area contributed by atoms with Crippen LogP contribution in [0.2, 0.25) is 0 Å². The molecule has 2 aliphatic rings. The fraction of sp³-hybridized carbons (Fsp3) is 0.500. The second-order valence-corrected chi connectivity index (χ2v) is 10.9. The average molecular weight is 487 g/mol. The monoisotopic (exact) mass is 486 g/mol. The van der Waals surface area contributed by atoms with E-state index in [2.05, 4.69) is 14.8 Å². The molecule has 12 heteroatoms. The summed E-state index contributed by atoms with van der Waals surface area (Å²) in [6.45, 7) is 7.75. The van der Waals surface area contributed by atoms with Crippen LogP contribution in [0.4, 0.5) is 11.6 Å². The molecule has 3 aromatic rings. The van der Waals surface area contributed by atoms with Crippen LogP contribution in [0.25, 0.3) is 16.9 Å². The van der Waals surface area contributed by atoms with Gasteiger partial charge in [-0.15, -0.1) is 0 Å². The lowest BCUT2D eigenvalue weighted by Gasteiger charge is -2.32. The fourth-order valence-electron chi connectivity index (χ4n) is 4.41. The van der Waals surface area contributed by atoms with E-state index in [0.29, 0.717) is 51.8 Å². The molecular formula is C22H30N8O3S. The third kappa shape index (κ3) is 4.71. The molecule has 0 aliphatic carbocycles. The number of imidazole rings is 1. The minimum Gasteiger partial charge on any atom is -0.383 e. The Bertz CT molecular complexity index is 1290. The van der Waals surface area contributed by atoms with Gasteiger partial charge in [0.25, 0.3) is 0 Å². The number of hydrogen-bond donors (Lipinski definition) is 1. The van der Waals surface area contributed by atoms with Gasteiger partial charge in [-0.25, -0.2) is 23.4 Å². The summed E-state index contributed by atoms with van der Waals surface area (Å²) in [6, 6.07) is 2.00. The zero-order valence-electron chi connectivity index (χ0n) is 19.5. The third-order valence-corrected chi connectivity index (χ3v) is 7.68. The molecule has 0 spiro atoms. The maximum Gasteiger partial charge on any atom is 0.211 e. The number of sulfonamides is 1. The van der Waals surface area contributed by atoms with Crippen LogP contribution in [-0.4, -0.2) is 95.7 Å². The average Bonchev–Trinajstić information content (AvgIpc) is 3.23. The number of rotatable bonds is 5. The van der Waals surface area contributed by atoms with Gasteiger partial charge >= 0.3 is 0 Å². The van der Waals surface area contributed by atoms with Gasteiger partial charge in [-0.2, -0.15) is 4.31 Å². The summed E-state index contributed by atoms with van der Waals surface area (Å²) < 4.78 is 32.7. The standard InChI is InChI=1S/C22H30N8O3S/c1-16-11-17(12-24-20(16)23)19-15-29-14-18(13-27-3-5-30(6-4-27)34(2,31)32)25-21(29)22(26-19)28-7-9-33-10-8-28/h11-12,14-15H,3-10,13H2,1-2H3,(H2,23,24). The van der Waals surface area contributed by atoms with Crippen LogP contribution in [0.15, 0.2) is 24.7 Å². The maximum absolute atomic E-state index is 11.8. The Morgan fingerprint density at radius 3 is 2.47 bits per heavy atom. The molecule has 2 saturated heterocycles. The molecule has 182 valence electrons. The van der Waals surface area contributed by atoms with Gasteiger partial charge in [-0.05, 0) is 18.6 Å². The van der Waals surface area contributed by atoms with E-state index in [1.165, 1.54) is 10.6 Å². The molecule has 2 fully saturated rings. The second-order valence-electron chi connectivity index (χ2n) is 8.88. The van der Waals surface area contributed by atoms with Gasteiger partial charge in [0.2, 0.25) is 10.0 Å². The lowest BCUT2D eigenvalue weighted by Crippen LogP contribution is -2.47. The number of piperazine rings is 1. The molecule has 0 unspecified atom stereocenters. The first-order chi connectivity index (χ1) is 16.3. The van der Waals surface area contributed by atoms with Crippen molar-refractivity contribution in [3.05, 3.63) is 35.9 Å². The first kappa shape index (κ1) is 23.0. The number of nitrogen functional groups attached to an aromatic ring is 1. The third-order valence-electron chi connectivity index (χ3n) is 6.38. The Kier molecular flexibility index (Phi) is 6.15. The Morgan fingerprint density at radius 1 is 1.06 bits per heavy atom. The van der Waals surface area contributed by atoms with Gasteiger partial charge in [-0.3, -0.25) is 4.90 Å². The van der Waals surface area contributed by atoms with Crippen LogP contribution in [0.1, 0.15) is 11.3 Å². The first-order valence-corrected chi connectivity index (χ1v) is 13.2. The van der Waals surface area contributed by atoms with Crippen molar-refractivity contribution >= 4 is 27.3 Å². The molecule has 5 heterocycles. The van der Waals surface area contributed by atoms with Crippen LogP contribution in [0.3, 0.4) is 0 Å². The SMILES string of the molecule is Cc1cc(-c2cn3cc(CN4CCN(S(C)(=O)=O)CC4)nc3c(N3CCOCC3)n2)cnc1N. The van der Waals surface area contributed by atoms with E-state index in [0.717, 1.165) is 47.1 Å². The minimum absolute atomic E-state index is 0.500. The fourth-order valence-corrected chi connectivity index (χ4v) is 5.24. The van der Waals surface area contributed by atoms with Crippen LogP contribution in [0.5, 0.6) is 0 Å². The van der Waals surface area contributed by atoms with Gasteiger partial charge < -0.3 is 19.8 Å². The highest BCUT2D eigenvalue weighted by atomic mass is 32.2. The van der Waals surface area contributed by atoms with Gasteiger partial charge in [0.15, 0.2) is 11.5 Å². The lowest BCUT2D eigenvalue weighted by molar-refractivity contribution is 0.122. The van der Waals surface area contributed by atoms with Crippen molar-refractivity contribution in [3.8, 4) is 11.3 Å². The molecular weight excluding hydrogens is 456 g/mol. The Labute approximate surface area is 199 Å². The quantitative estimate of drug-likeness (QED) is 0.552. The Morgan fingerprint density at radius 2 is 1.79 bits per heavy atom. The normalized spacial score (nSPS) is 18.6. The summed E-state index contributed by atoms with van der Waals surface area (Å²) in [7, 11) is -3.15. The van der Waals surface area contributed by atoms with Crippen molar-refractivity contribution in [2.45, 2.75) is 13.5 Å². The molecule has 2 N–H and O–H groups in total. The Balaban J connectivity index is 1.46. The molecule has 0 aromatic carbocycles. The zero-order chi connectivity index (χ0) is 23.9. The number of morpholine rings is 1. The zero-order valence-corrected chi connectivity index (χ0v) is 20.3. The summed E-state index contributed by atoms with van der Waals surface area (Å²) in [4.78, 5) is 18.7. The number of fused-ring (bicyclic) bond motifs is 1. The van der Waals surface area contributed by atoms with Crippen molar-refractivity contribution < 1.29 is 13.2 Å². The molecule has 5 rings (SSSR count). The highest BCUT2D eigenvalue weighted by molar-refractivity contribution is 7.88. The first-order valence-electron chi connectivity index (χ1n) is 11.4. The summed E-state index contributed by atoms with van der Waals surface area (Å²) in [5.74, 6) is 1.34. The van der Waals surface area contributed by atoms with E-state index in [1.807, 2.05) is 29.8 Å². The van der Waals surface area contributed by atoms with Crippen molar-refractivity contribution in [2.75, 3.05) is 69.4 Å². The van der Waals surface area contributed by atoms with E-state index in [9.17, 15) is 8.42 Å². The molecule has 34 heavy (non-hydrogen) atoms.